The predicted molar refractivity (Wildman–Crippen MR) is 72.8 cm³/mol. The molecule has 2 aromatic rings. The number of carbonyl (C=O) groups excluding carboxylic acids is 1. The monoisotopic (exact) mass is 272 g/mol. The number of rotatable bonds is 2. The summed E-state index contributed by atoms with van der Waals surface area (Å²) < 4.78 is 12.1. The van der Waals surface area contributed by atoms with Crippen LogP contribution in [-0.2, 0) is 17.8 Å². The summed E-state index contributed by atoms with van der Waals surface area (Å²) in [5.41, 5.74) is 2.78. The van der Waals surface area contributed by atoms with E-state index in [1.807, 2.05) is 37.3 Å². The van der Waals surface area contributed by atoms with Crippen molar-refractivity contribution in [1.82, 2.24) is 9.78 Å². The molecule has 2 heterocycles. The fourth-order valence-electron chi connectivity index (χ4n) is 2.30. The molecule has 3 rings (SSSR count). The number of benzene rings is 1. The molecule has 0 bridgehead atoms. The van der Waals surface area contributed by atoms with Crippen molar-refractivity contribution in [2.24, 2.45) is 0 Å². The van der Waals surface area contributed by atoms with Gasteiger partial charge in [0.05, 0.1) is 12.3 Å². The average Bonchev–Trinajstić information content (AvgIpc) is 2.84. The van der Waals surface area contributed by atoms with E-state index in [9.17, 15) is 4.79 Å². The predicted octanol–water partition coefficient (Wildman–Crippen LogP) is 2.70. The molecule has 0 radical (unpaired) electrons. The fraction of sp³-hybridized carbons (Fsp3) is 0.333. The zero-order chi connectivity index (χ0) is 13.9. The van der Waals surface area contributed by atoms with Gasteiger partial charge < -0.3 is 9.47 Å². The van der Waals surface area contributed by atoms with Gasteiger partial charge in [0.2, 0.25) is 5.88 Å². The lowest BCUT2D eigenvalue weighted by Crippen LogP contribution is -2.19. The molecule has 5 nitrogen and oxygen atoms in total. The van der Waals surface area contributed by atoms with Crippen LogP contribution in [0.2, 0.25) is 0 Å². The van der Waals surface area contributed by atoms with Crippen molar-refractivity contribution in [2.45, 2.75) is 26.4 Å². The normalized spacial score (nSPS) is 13.4. The first-order valence-electron chi connectivity index (χ1n) is 6.68. The first kappa shape index (κ1) is 12.7. The Morgan fingerprint density at radius 3 is 3.00 bits per heavy atom. The van der Waals surface area contributed by atoms with Gasteiger partial charge in [-0.05, 0) is 25.3 Å². The second-order valence-corrected chi connectivity index (χ2v) is 4.77. The number of aryl methyl sites for hydroxylation is 1. The zero-order valence-electron chi connectivity index (χ0n) is 11.3. The number of hydrogen-bond donors (Lipinski definition) is 0. The van der Waals surface area contributed by atoms with Gasteiger partial charge >= 0.3 is 6.09 Å². The van der Waals surface area contributed by atoms with E-state index in [4.69, 9.17) is 9.47 Å². The van der Waals surface area contributed by atoms with Gasteiger partial charge in [-0.1, -0.05) is 30.3 Å². The second-order valence-electron chi connectivity index (χ2n) is 4.77. The number of carbonyl (C=O) groups is 1. The molecule has 0 spiro atoms. The maximum atomic E-state index is 12.1. The summed E-state index contributed by atoms with van der Waals surface area (Å²) in [7, 11) is 0. The van der Waals surface area contributed by atoms with Crippen LogP contribution < -0.4 is 4.74 Å². The van der Waals surface area contributed by atoms with Crippen molar-refractivity contribution >= 4 is 6.09 Å². The van der Waals surface area contributed by atoms with Crippen LogP contribution in [0.1, 0.15) is 23.2 Å². The molecule has 1 aliphatic rings. The maximum absolute atomic E-state index is 12.1. The standard InChI is InChI=1S/C15H16N2O3/c1-11-13-8-5-9-19-14(13)17(16-11)15(18)20-10-12-6-3-2-4-7-12/h2-4,6-7H,5,8-10H2,1H3. The molecule has 1 aromatic heterocycles. The van der Waals surface area contributed by atoms with Crippen molar-refractivity contribution in [1.29, 1.82) is 0 Å². The maximum Gasteiger partial charge on any atom is 0.438 e. The number of hydrogen-bond acceptors (Lipinski definition) is 4. The molecule has 0 amide bonds. The summed E-state index contributed by atoms with van der Waals surface area (Å²) in [4.78, 5) is 12.1. The summed E-state index contributed by atoms with van der Waals surface area (Å²) in [6.07, 6.45) is 1.35. The van der Waals surface area contributed by atoms with E-state index in [0.29, 0.717) is 12.5 Å². The summed E-state index contributed by atoms with van der Waals surface area (Å²) in [5.74, 6) is 0.534. The number of ether oxygens (including phenoxy) is 2. The Kier molecular flexibility index (Phi) is 3.41. The Bertz CT molecular complexity index is 620. The largest absolute Gasteiger partial charge is 0.477 e. The first-order valence-corrected chi connectivity index (χ1v) is 6.68. The highest BCUT2D eigenvalue weighted by molar-refractivity contribution is 5.72. The molecule has 0 fully saturated rings. The third-order valence-electron chi connectivity index (χ3n) is 3.33. The highest BCUT2D eigenvalue weighted by Crippen LogP contribution is 2.27. The van der Waals surface area contributed by atoms with E-state index in [1.54, 1.807) is 0 Å². The summed E-state index contributed by atoms with van der Waals surface area (Å²) >= 11 is 0. The van der Waals surface area contributed by atoms with Crippen molar-refractivity contribution in [3.63, 3.8) is 0 Å². The summed E-state index contributed by atoms with van der Waals surface area (Å²) in [6, 6.07) is 9.56. The first-order chi connectivity index (χ1) is 9.75. The molecule has 1 aromatic carbocycles. The van der Waals surface area contributed by atoms with Crippen LogP contribution in [0.5, 0.6) is 5.88 Å². The molecule has 5 heteroatoms. The van der Waals surface area contributed by atoms with Crippen LogP contribution >= 0.6 is 0 Å². The van der Waals surface area contributed by atoms with Gasteiger partial charge in [0.15, 0.2) is 0 Å². The van der Waals surface area contributed by atoms with E-state index in [2.05, 4.69) is 5.10 Å². The van der Waals surface area contributed by atoms with Gasteiger partial charge in [-0.15, -0.1) is 4.68 Å². The van der Waals surface area contributed by atoms with Crippen LogP contribution in [0.25, 0.3) is 0 Å². The van der Waals surface area contributed by atoms with Gasteiger partial charge in [-0.25, -0.2) is 4.79 Å². The topological polar surface area (TPSA) is 53.4 Å². The number of nitrogens with zero attached hydrogens (tertiary/aromatic N) is 2. The van der Waals surface area contributed by atoms with Crippen LogP contribution in [0.3, 0.4) is 0 Å². The van der Waals surface area contributed by atoms with Crippen LogP contribution in [0.15, 0.2) is 30.3 Å². The van der Waals surface area contributed by atoms with Crippen molar-refractivity contribution in [2.75, 3.05) is 6.61 Å². The highest BCUT2D eigenvalue weighted by atomic mass is 16.6. The molecule has 0 saturated carbocycles. The van der Waals surface area contributed by atoms with Crippen LogP contribution in [0.4, 0.5) is 4.79 Å². The average molecular weight is 272 g/mol. The second kappa shape index (κ2) is 5.36. The Labute approximate surface area is 117 Å². The lowest BCUT2D eigenvalue weighted by Gasteiger charge is -2.14. The number of fused-ring (bicyclic) bond motifs is 1. The molecule has 20 heavy (non-hydrogen) atoms. The Morgan fingerprint density at radius 1 is 1.40 bits per heavy atom. The summed E-state index contributed by atoms with van der Waals surface area (Å²) in [5, 5.41) is 4.22. The fourth-order valence-corrected chi connectivity index (χ4v) is 2.30. The molecular formula is C15H16N2O3. The van der Waals surface area contributed by atoms with Crippen molar-refractivity contribution in [3.8, 4) is 5.88 Å². The van der Waals surface area contributed by atoms with E-state index in [1.165, 1.54) is 4.68 Å². The minimum Gasteiger partial charge on any atom is -0.477 e. The zero-order valence-corrected chi connectivity index (χ0v) is 11.3. The molecule has 0 aliphatic carbocycles. The molecule has 0 N–H and O–H groups in total. The molecule has 104 valence electrons. The van der Waals surface area contributed by atoms with E-state index in [-0.39, 0.29) is 6.61 Å². The molecule has 0 atom stereocenters. The third-order valence-corrected chi connectivity index (χ3v) is 3.33. The van der Waals surface area contributed by atoms with Gasteiger partial charge in [0, 0.05) is 5.56 Å². The van der Waals surface area contributed by atoms with Crippen molar-refractivity contribution < 1.29 is 14.3 Å². The minimum absolute atomic E-state index is 0.230. The van der Waals surface area contributed by atoms with Gasteiger partial charge in [0.1, 0.15) is 6.61 Å². The number of aromatic nitrogens is 2. The van der Waals surface area contributed by atoms with Crippen LogP contribution in [0, 0.1) is 6.92 Å². The Balaban J connectivity index is 1.74. The molecule has 1 aliphatic heterocycles. The smallest absolute Gasteiger partial charge is 0.438 e. The Hall–Kier alpha value is -2.30. The van der Waals surface area contributed by atoms with Crippen molar-refractivity contribution in [3.05, 3.63) is 47.2 Å². The molecule has 0 unspecified atom stereocenters. The SMILES string of the molecule is Cc1nn(C(=O)OCc2ccccc2)c2c1CCCO2. The quantitative estimate of drug-likeness (QED) is 0.843. The summed E-state index contributed by atoms with van der Waals surface area (Å²) in [6.45, 7) is 2.73. The van der Waals surface area contributed by atoms with Gasteiger partial charge in [0.25, 0.3) is 0 Å². The van der Waals surface area contributed by atoms with E-state index < -0.39 is 6.09 Å². The highest BCUT2D eigenvalue weighted by Gasteiger charge is 2.24. The lowest BCUT2D eigenvalue weighted by molar-refractivity contribution is 0.132. The van der Waals surface area contributed by atoms with E-state index in [0.717, 1.165) is 29.7 Å². The lowest BCUT2D eigenvalue weighted by atomic mass is 10.1. The Morgan fingerprint density at radius 2 is 2.20 bits per heavy atom. The minimum atomic E-state index is -0.500. The van der Waals surface area contributed by atoms with Gasteiger partial charge in [-0.2, -0.15) is 5.10 Å². The molecule has 0 saturated heterocycles. The van der Waals surface area contributed by atoms with E-state index >= 15 is 0 Å². The van der Waals surface area contributed by atoms with Gasteiger partial charge in [-0.3, -0.25) is 0 Å². The third kappa shape index (κ3) is 2.39. The molecular weight excluding hydrogens is 256 g/mol. The van der Waals surface area contributed by atoms with Crippen LogP contribution in [-0.4, -0.2) is 22.5 Å².